The average molecular weight is 401 g/mol. The van der Waals surface area contributed by atoms with E-state index in [4.69, 9.17) is 0 Å². The summed E-state index contributed by atoms with van der Waals surface area (Å²) in [6.07, 6.45) is 0. The van der Waals surface area contributed by atoms with Crippen molar-refractivity contribution in [1.29, 1.82) is 0 Å². The zero-order chi connectivity index (χ0) is 16.5. The van der Waals surface area contributed by atoms with Crippen LogP contribution in [0.2, 0.25) is 0 Å². The fourth-order valence-electron chi connectivity index (χ4n) is 4.22. The van der Waals surface area contributed by atoms with Crippen LogP contribution in [0.25, 0.3) is 0 Å². The molecule has 0 saturated carbocycles. The number of likely N-dealkylation sites (N-methyl/N-ethyl adjacent to an activating group) is 1. The summed E-state index contributed by atoms with van der Waals surface area (Å²) in [4.78, 5) is 19.6. The summed E-state index contributed by atoms with van der Waals surface area (Å²) < 4.78 is 0. The van der Waals surface area contributed by atoms with Crippen LogP contribution in [-0.2, 0) is 6.54 Å². The fourth-order valence-corrected chi connectivity index (χ4v) is 4.22. The molecule has 1 aromatic carbocycles. The van der Waals surface area contributed by atoms with Crippen LogP contribution in [0.4, 0.5) is 0 Å². The maximum Gasteiger partial charge on any atom is 0.253 e. The molecule has 0 aromatic heterocycles. The molecule has 0 radical (unpaired) electrons. The molecule has 3 fully saturated rings. The summed E-state index contributed by atoms with van der Waals surface area (Å²) in [7, 11) is 2.18. The number of nitrogens with zero attached hydrogens (tertiary/aromatic N) is 3. The Balaban J connectivity index is 0.00000121. The molecule has 3 saturated heterocycles. The van der Waals surface area contributed by atoms with E-state index >= 15 is 0 Å². The number of nitrogens with one attached hydrogen (secondary N) is 1. The summed E-state index contributed by atoms with van der Waals surface area (Å²) in [6, 6.07) is 8.29. The summed E-state index contributed by atoms with van der Waals surface area (Å²) >= 11 is 0. The van der Waals surface area contributed by atoms with Crippen LogP contribution in [0.15, 0.2) is 24.3 Å². The van der Waals surface area contributed by atoms with E-state index in [1.807, 2.05) is 17.0 Å². The first-order valence-electron chi connectivity index (χ1n) is 9.19. The monoisotopic (exact) mass is 400 g/mol. The van der Waals surface area contributed by atoms with Crippen molar-refractivity contribution in [2.45, 2.75) is 6.54 Å². The number of likely N-dealkylation sites (tertiary alicyclic amines) is 1. The number of carbonyl (C=O) groups is 1. The first-order valence-corrected chi connectivity index (χ1v) is 9.19. The molecule has 2 atom stereocenters. The third-order valence-corrected chi connectivity index (χ3v) is 5.88. The van der Waals surface area contributed by atoms with Gasteiger partial charge >= 0.3 is 0 Å². The Hall–Kier alpha value is -0.850. The van der Waals surface area contributed by atoms with Crippen molar-refractivity contribution in [1.82, 2.24) is 20.0 Å². The number of halogens is 2. The Morgan fingerprint density at radius 3 is 2.15 bits per heavy atom. The van der Waals surface area contributed by atoms with Gasteiger partial charge in [0.2, 0.25) is 0 Å². The van der Waals surface area contributed by atoms with Crippen LogP contribution in [0, 0.1) is 11.8 Å². The number of rotatable bonds is 3. The Kier molecular flexibility index (Phi) is 7.74. The van der Waals surface area contributed by atoms with Crippen LogP contribution >= 0.6 is 24.8 Å². The number of hydrogen-bond acceptors (Lipinski definition) is 4. The molecule has 0 bridgehead atoms. The lowest BCUT2D eigenvalue weighted by atomic mass is 10.0. The standard InChI is InChI=1S/C19H28N4O.2ClH/c1-21-6-8-22(9-7-21)12-15-2-4-16(5-3-15)19(24)23-13-17-10-20-11-18(17)14-23;;/h2-5,17-18,20H,6-14H2,1H3;2*1H/t17-,18+;;. The van der Waals surface area contributed by atoms with Crippen LogP contribution in [0.1, 0.15) is 15.9 Å². The highest BCUT2D eigenvalue weighted by Crippen LogP contribution is 2.27. The van der Waals surface area contributed by atoms with Gasteiger partial charge in [0.05, 0.1) is 0 Å². The molecule has 7 heteroatoms. The van der Waals surface area contributed by atoms with Gasteiger partial charge in [-0.1, -0.05) is 12.1 Å². The lowest BCUT2D eigenvalue weighted by Crippen LogP contribution is -2.43. The van der Waals surface area contributed by atoms with Gasteiger partial charge in [0.15, 0.2) is 0 Å². The van der Waals surface area contributed by atoms with E-state index < -0.39 is 0 Å². The largest absolute Gasteiger partial charge is 0.338 e. The van der Waals surface area contributed by atoms with Crippen molar-refractivity contribution in [3.8, 4) is 0 Å². The molecule has 146 valence electrons. The van der Waals surface area contributed by atoms with E-state index in [1.165, 1.54) is 5.56 Å². The zero-order valence-corrected chi connectivity index (χ0v) is 17.0. The molecule has 5 nitrogen and oxygen atoms in total. The minimum Gasteiger partial charge on any atom is -0.338 e. The van der Waals surface area contributed by atoms with Gasteiger partial charge in [-0.05, 0) is 36.6 Å². The number of benzene rings is 1. The normalized spacial score (nSPS) is 26.1. The highest BCUT2D eigenvalue weighted by atomic mass is 35.5. The van der Waals surface area contributed by atoms with Crippen molar-refractivity contribution in [3.63, 3.8) is 0 Å². The molecule has 26 heavy (non-hydrogen) atoms. The molecule has 0 spiro atoms. The van der Waals surface area contributed by atoms with Gasteiger partial charge in [-0.2, -0.15) is 0 Å². The molecular formula is C19H30Cl2N4O. The molecule has 3 aliphatic heterocycles. The number of amides is 1. The van der Waals surface area contributed by atoms with Crippen LogP contribution in [-0.4, -0.2) is 80.0 Å². The molecule has 1 aromatic rings. The average Bonchev–Trinajstić information content (AvgIpc) is 3.19. The Labute approximate surface area is 168 Å². The van der Waals surface area contributed by atoms with Crippen LogP contribution < -0.4 is 5.32 Å². The van der Waals surface area contributed by atoms with Crippen LogP contribution in [0.3, 0.4) is 0 Å². The van der Waals surface area contributed by atoms with E-state index in [9.17, 15) is 4.79 Å². The Morgan fingerprint density at radius 2 is 1.58 bits per heavy atom. The summed E-state index contributed by atoms with van der Waals surface area (Å²) in [5, 5.41) is 3.43. The maximum absolute atomic E-state index is 12.7. The SMILES string of the molecule is CN1CCN(Cc2ccc(C(=O)N3C[C@H]4CNC[C@H]4C3)cc2)CC1.Cl.Cl. The number of hydrogen-bond donors (Lipinski definition) is 1. The van der Waals surface area contributed by atoms with E-state index in [0.29, 0.717) is 11.8 Å². The maximum atomic E-state index is 12.7. The van der Waals surface area contributed by atoms with Gasteiger partial charge < -0.3 is 15.1 Å². The van der Waals surface area contributed by atoms with Crippen molar-refractivity contribution in [2.75, 3.05) is 59.4 Å². The molecule has 0 unspecified atom stereocenters. The lowest BCUT2D eigenvalue weighted by Gasteiger charge is -2.32. The van der Waals surface area contributed by atoms with Crippen molar-refractivity contribution in [3.05, 3.63) is 35.4 Å². The molecule has 1 N–H and O–H groups in total. The van der Waals surface area contributed by atoms with Gasteiger partial charge in [0.1, 0.15) is 0 Å². The molecular weight excluding hydrogens is 371 g/mol. The third kappa shape index (κ3) is 4.70. The van der Waals surface area contributed by atoms with E-state index in [-0.39, 0.29) is 30.7 Å². The second-order valence-corrected chi connectivity index (χ2v) is 7.66. The molecule has 0 aliphatic carbocycles. The first-order chi connectivity index (χ1) is 11.7. The minimum absolute atomic E-state index is 0. The van der Waals surface area contributed by atoms with E-state index in [1.54, 1.807) is 0 Å². The zero-order valence-electron chi connectivity index (χ0n) is 15.4. The quantitative estimate of drug-likeness (QED) is 0.835. The summed E-state index contributed by atoms with van der Waals surface area (Å²) in [6.45, 7) is 9.49. The van der Waals surface area contributed by atoms with Crippen molar-refractivity contribution >= 4 is 30.7 Å². The predicted molar refractivity (Wildman–Crippen MR) is 109 cm³/mol. The predicted octanol–water partition coefficient (Wildman–Crippen LogP) is 1.57. The van der Waals surface area contributed by atoms with Crippen molar-refractivity contribution < 1.29 is 4.79 Å². The van der Waals surface area contributed by atoms with Gasteiger partial charge in [-0.3, -0.25) is 9.69 Å². The number of fused-ring (bicyclic) bond motifs is 1. The van der Waals surface area contributed by atoms with Crippen molar-refractivity contribution in [2.24, 2.45) is 11.8 Å². The highest BCUT2D eigenvalue weighted by Gasteiger charge is 2.38. The first kappa shape index (κ1) is 21.5. The fraction of sp³-hybridized carbons (Fsp3) is 0.632. The molecule has 3 aliphatic rings. The van der Waals surface area contributed by atoms with E-state index in [2.05, 4.69) is 34.3 Å². The number of carbonyl (C=O) groups excluding carboxylic acids is 1. The lowest BCUT2D eigenvalue weighted by molar-refractivity contribution is 0.0781. The van der Waals surface area contributed by atoms with Gasteiger partial charge in [-0.25, -0.2) is 0 Å². The Bertz CT molecular complexity index is 578. The highest BCUT2D eigenvalue weighted by molar-refractivity contribution is 5.94. The minimum atomic E-state index is 0. The van der Waals surface area contributed by atoms with Crippen LogP contribution in [0.5, 0.6) is 0 Å². The summed E-state index contributed by atoms with van der Waals surface area (Å²) in [5.41, 5.74) is 2.14. The van der Waals surface area contributed by atoms with Gasteiger partial charge in [-0.15, -0.1) is 24.8 Å². The second kappa shape index (κ2) is 9.38. The van der Waals surface area contributed by atoms with E-state index in [0.717, 1.165) is 64.5 Å². The topological polar surface area (TPSA) is 38.8 Å². The molecule has 1 amide bonds. The smallest absolute Gasteiger partial charge is 0.253 e. The second-order valence-electron chi connectivity index (χ2n) is 7.66. The molecule has 4 rings (SSSR count). The Morgan fingerprint density at radius 1 is 1.00 bits per heavy atom. The van der Waals surface area contributed by atoms with Gasteiger partial charge in [0.25, 0.3) is 5.91 Å². The third-order valence-electron chi connectivity index (χ3n) is 5.88. The number of piperazine rings is 1. The summed E-state index contributed by atoms with van der Waals surface area (Å²) in [5.74, 6) is 1.52. The molecule has 3 heterocycles. The van der Waals surface area contributed by atoms with Gasteiger partial charge in [0, 0.05) is 64.5 Å².